The van der Waals surface area contributed by atoms with Crippen molar-refractivity contribution in [1.82, 2.24) is 14.9 Å². The first kappa shape index (κ1) is 19.7. The third-order valence-electron chi connectivity index (χ3n) is 5.20. The molecule has 30 heavy (non-hydrogen) atoms. The van der Waals surface area contributed by atoms with Crippen LogP contribution in [0.1, 0.15) is 18.5 Å². The van der Waals surface area contributed by atoms with Gasteiger partial charge in [0, 0.05) is 17.5 Å². The molecule has 2 heterocycles. The fraction of sp³-hybridized carbons (Fsp3) is 0.261. The fourth-order valence-corrected chi connectivity index (χ4v) is 3.46. The van der Waals surface area contributed by atoms with Gasteiger partial charge in [-0.05, 0) is 24.6 Å². The lowest BCUT2D eigenvalue weighted by Gasteiger charge is -2.38. The summed E-state index contributed by atoms with van der Waals surface area (Å²) in [6.45, 7) is 6.65. The minimum absolute atomic E-state index is 0.0703. The fourth-order valence-electron chi connectivity index (χ4n) is 3.46. The Kier molecular flexibility index (Phi) is 5.52. The average Bonchev–Trinajstić information content (AvgIpc) is 2.75. The van der Waals surface area contributed by atoms with Crippen LogP contribution in [0.15, 0.2) is 61.4 Å². The molecule has 3 aromatic rings. The topological polar surface area (TPSA) is 76.6 Å². The average molecular weight is 404 g/mol. The number of rotatable bonds is 7. The normalized spacial score (nSPS) is 14.7. The summed E-state index contributed by atoms with van der Waals surface area (Å²) in [5.41, 5.74) is 1.92. The Morgan fingerprint density at radius 3 is 2.70 bits per heavy atom. The number of anilines is 1. The summed E-state index contributed by atoms with van der Waals surface area (Å²) in [6.07, 6.45) is 2.76. The van der Waals surface area contributed by atoms with E-state index in [0.29, 0.717) is 24.6 Å². The molecule has 4 rings (SSSR count). The zero-order valence-electron chi connectivity index (χ0n) is 17.0. The Bertz CT molecular complexity index is 1060. The van der Waals surface area contributed by atoms with E-state index in [1.807, 2.05) is 30.3 Å². The van der Waals surface area contributed by atoms with Gasteiger partial charge >= 0.3 is 0 Å². The summed E-state index contributed by atoms with van der Waals surface area (Å²) in [5.74, 6) is 1.83. The van der Waals surface area contributed by atoms with Crippen LogP contribution in [-0.2, 0) is 4.79 Å². The molecule has 1 unspecified atom stereocenters. The number of carbonyl (C=O) groups is 1. The number of hydrogen-bond donors (Lipinski definition) is 1. The van der Waals surface area contributed by atoms with Crippen molar-refractivity contribution in [1.29, 1.82) is 0 Å². The number of nitrogens with zero attached hydrogens (tertiary/aromatic N) is 3. The molecule has 0 spiro atoms. The maximum atomic E-state index is 11.7. The zero-order chi connectivity index (χ0) is 21.1. The molecule has 1 atom stereocenters. The summed E-state index contributed by atoms with van der Waals surface area (Å²) in [4.78, 5) is 22.2. The summed E-state index contributed by atoms with van der Waals surface area (Å²) in [5, 5.41) is 4.31. The number of likely N-dealkylation sites (tertiary alicyclic amines) is 1. The minimum atomic E-state index is -0.0930. The Morgan fingerprint density at radius 2 is 2.00 bits per heavy atom. The largest absolute Gasteiger partial charge is 0.493 e. The molecule has 1 aromatic heterocycles. The number of fused-ring (bicyclic) bond motifs is 1. The standard InChI is InChI=1S/C23H24N4O3/c1-4-22(28)27-12-17(13-27)30-21-10-18-19(11-20(21)29-3)24-14-25-23(18)26-15(2)16-8-6-5-7-9-16/h4-11,14-15,17H,1,12-13H2,2-3H3,(H,24,25,26). The number of amides is 1. The number of benzene rings is 2. The lowest BCUT2D eigenvalue weighted by atomic mass is 10.1. The van der Waals surface area contributed by atoms with E-state index >= 15 is 0 Å². The molecule has 154 valence electrons. The number of ether oxygens (including phenoxy) is 2. The molecule has 0 bridgehead atoms. The van der Waals surface area contributed by atoms with Crippen LogP contribution >= 0.6 is 0 Å². The molecule has 0 aliphatic carbocycles. The highest BCUT2D eigenvalue weighted by Gasteiger charge is 2.31. The van der Waals surface area contributed by atoms with Crippen molar-refractivity contribution in [2.75, 3.05) is 25.5 Å². The Hall–Kier alpha value is -3.61. The maximum Gasteiger partial charge on any atom is 0.246 e. The monoisotopic (exact) mass is 404 g/mol. The molecule has 0 radical (unpaired) electrons. The van der Waals surface area contributed by atoms with Crippen LogP contribution in [0.4, 0.5) is 5.82 Å². The lowest BCUT2D eigenvalue weighted by Crippen LogP contribution is -2.55. The predicted molar refractivity (Wildman–Crippen MR) is 116 cm³/mol. The summed E-state index contributed by atoms with van der Waals surface area (Å²) in [7, 11) is 1.60. The van der Waals surface area contributed by atoms with E-state index in [0.717, 1.165) is 22.3 Å². The Labute approximate surface area is 175 Å². The highest BCUT2D eigenvalue weighted by Crippen LogP contribution is 2.36. The molecular weight excluding hydrogens is 380 g/mol. The molecule has 1 amide bonds. The first-order chi connectivity index (χ1) is 14.6. The van der Waals surface area contributed by atoms with Gasteiger partial charge in [-0.25, -0.2) is 9.97 Å². The van der Waals surface area contributed by atoms with Crippen LogP contribution in [0.5, 0.6) is 11.5 Å². The third kappa shape index (κ3) is 3.91. The van der Waals surface area contributed by atoms with Gasteiger partial charge in [-0.15, -0.1) is 0 Å². The molecule has 1 fully saturated rings. The first-order valence-electron chi connectivity index (χ1n) is 9.81. The van der Waals surface area contributed by atoms with E-state index in [1.54, 1.807) is 12.0 Å². The summed E-state index contributed by atoms with van der Waals surface area (Å²) >= 11 is 0. The second-order valence-corrected chi connectivity index (χ2v) is 7.21. The van der Waals surface area contributed by atoms with E-state index in [1.165, 1.54) is 12.4 Å². The summed E-state index contributed by atoms with van der Waals surface area (Å²) < 4.78 is 11.6. The summed E-state index contributed by atoms with van der Waals surface area (Å²) in [6, 6.07) is 14.0. The van der Waals surface area contributed by atoms with Crippen molar-refractivity contribution in [3.8, 4) is 11.5 Å². The molecule has 1 saturated heterocycles. The molecule has 0 saturated carbocycles. The van der Waals surface area contributed by atoms with Gasteiger partial charge in [-0.1, -0.05) is 36.9 Å². The molecule has 1 aliphatic heterocycles. The highest BCUT2D eigenvalue weighted by molar-refractivity contribution is 5.91. The van der Waals surface area contributed by atoms with Crippen LogP contribution in [0.25, 0.3) is 10.9 Å². The Balaban J connectivity index is 1.59. The third-order valence-corrected chi connectivity index (χ3v) is 5.20. The van der Waals surface area contributed by atoms with Crippen molar-refractivity contribution in [3.05, 3.63) is 67.0 Å². The van der Waals surface area contributed by atoms with Crippen molar-refractivity contribution < 1.29 is 14.3 Å². The van der Waals surface area contributed by atoms with E-state index in [4.69, 9.17) is 9.47 Å². The number of hydrogen-bond acceptors (Lipinski definition) is 6. The molecular formula is C23H24N4O3. The van der Waals surface area contributed by atoms with E-state index < -0.39 is 0 Å². The van der Waals surface area contributed by atoms with Crippen LogP contribution in [0.2, 0.25) is 0 Å². The van der Waals surface area contributed by atoms with E-state index in [-0.39, 0.29) is 18.1 Å². The number of methoxy groups -OCH3 is 1. The van der Waals surface area contributed by atoms with Gasteiger partial charge in [0.2, 0.25) is 5.91 Å². The highest BCUT2D eigenvalue weighted by atomic mass is 16.5. The SMILES string of the molecule is C=CC(=O)N1CC(Oc2cc3c(NC(C)c4ccccc4)ncnc3cc2OC)C1. The minimum Gasteiger partial charge on any atom is -0.493 e. The van der Waals surface area contributed by atoms with Crippen LogP contribution in [0.3, 0.4) is 0 Å². The van der Waals surface area contributed by atoms with Gasteiger partial charge in [0.1, 0.15) is 18.2 Å². The molecule has 7 nitrogen and oxygen atoms in total. The number of nitrogens with one attached hydrogen (secondary N) is 1. The quantitative estimate of drug-likeness (QED) is 0.607. The van der Waals surface area contributed by atoms with Crippen LogP contribution in [-0.4, -0.2) is 47.1 Å². The smallest absolute Gasteiger partial charge is 0.246 e. The van der Waals surface area contributed by atoms with Gasteiger partial charge in [-0.2, -0.15) is 0 Å². The predicted octanol–water partition coefficient (Wildman–Crippen LogP) is 3.59. The van der Waals surface area contributed by atoms with E-state index in [2.05, 4.69) is 40.9 Å². The van der Waals surface area contributed by atoms with Crippen LogP contribution in [0, 0.1) is 0 Å². The molecule has 1 N–H and O–H groups in total. The van der Waals surface area contributed by atoms with Gasteiger partial charge in [-0.3, -0.25) is 4.79 Å². The van der Waals surface area contributed by atoms with Crippen molar-refractivity contribution in [3.63, 3.8) is 0 Å². The van der Waals surface area contributed by atoms with Crippen LogP contribution < -0.4 is 14.8 Å². The van der Waals surface area contributed by atoms with Crippen molar-refractivity contribution in [2.45, 2.75) is 19.1 Å². The van der Waals surface area contributed by atoms with Crippen molar-refractivity contribution >= 4 is 22.6 Å². The van der Waals surface area contributed by atoms with Gasteiger partial charge in [0.25, 0.3) is 0 Å². The van der Waals surface area contributed by atoms with Gasteiger partial charge in [0.05, 0.1) is 25.7 Å². The molecule has 2 aromatic carbocycles. The second-order valence-electron chi connectivity index (χ2n) is 7.21. The Morgan fingerprint density at radius 1 is 1.23 bits per heavy atom. The lowest BCUT2D eigenvalue weighted by molar-refractivity contribution is -0.134. The van der Waals surface area contributed by atoms with Crippen molar-refractivity contribution in [2.24, 2.45) is 0 Å². The van der Waals surface area contributed by atoms with Gasteiger partial charge in [0.15, 0.2) is 11.5 Å². The maximum absolute atomic E-state index is 11.7. The number of carbonyl (C=O) groups excluding carboxylic acids is 1. The number of aromatic nitrogens is 2. The van der Waals surface area contributed by atoms with E-state index in [9.17, 15) is 4.79 Å². The van der Waals surface area contributed by atoms with Gasteiger partial charge < -0.3 is 19.7 Å². The second kappa shape index (κ2) is 8.41. The first-order valence-corrected chi connectivity index (χ1v) is 9.81. The molecule has 7 heteroatoms. The molecule has 1 aliphatic rings. The zero-order valence-corrected chi connectivity index (χ0v) is 17.0.